The van der Waals surface area contributed by atoms with Crippen LogP contribution in [0.5, 0.6) is 0 Å². The van der Waals surface area contributed by atoms with Crippen molar-refractivity contribution in [3.63, 3.8) is 0 Å². The Kier molecular flexibility index (Phi) is 5.62. The summed E-state index contributed by atoms with van der Waals surface area (Å²) in [5, 5.41) is 0. The molecular weight excluding hydrogens is 316 g/mol. The zero-order chi connectivity index (χ0) is 15.9. The Labute approximate surface area is 146 Å². The molecule has 0 saturated heterocycles. The Morgan fingerprint density at radius 1 is 0.565 bits per heavy atom. The van der Waals surface area contributed by atoms with Gasteiger partial charge in [0.25, 0.3) is 0 Å². The van der Waals surface area contributed by atoms with Gasteiger partial charge in [-0.15, -0.1) is 0 Å². The van der Waals surface area contributed by atoms with Crippen LogP contribution in [0, 0.1) is 0 Å². The quantitative estimate of drug-likeness (QED) is 0.462. The van der Waals surface area contributed by atoms with Gasteiger partial charge in [-0.1, -0.05) is 90.3 Å². The van der Waals surface area contributed by atoms with Crippen LogP contribution in [0.15, 0.2) is 106 Å². The van der Waals surface area contributed by atoms with Gasteiger partial charge in [0, 0.05) is 19.6 Å². The van der Waals surface area contributed by atoms with E-state index in [9.17, 15) is 0 Å². The molecule has 0 aliphatic heterocycles. The van der Waals surface area contributed by atoms with Crippen LogP contribution >= 0.6 is 23.5 Å². The van der Waals surface area contributed by atoms with Crippen LogP contribution in [0.1, 0.15) is 12.5 Å². The summed E-state index contributed by atoms with van der Waals surface area (Å²) >= 11 is 3.65. The first kappa shape index (κ1) is 16.0. The zero-order valence-corrected chi connectivity index (χ0v) is 14.6. The number of allylic oxidation sites excluding steroid dienone is 1. The van der Waals surface area contributed by atoms with Gasteiger partial charge >= 0.3 is 0 Å². The molecule has 0 saturated carbocycles. The van der Waals surface area contributed by atoms with Crippen LogP contribution in [-0.4, -0.2) is 0 Å². The van der Waals surface area contributed by atoms with E-state index in [1.807, 2.05) is 23.5 Å². The number of thioether (sulfide) groups is 2. The van der Waals surface area contributed by atoms with Crippen LogP contribution in [0.2, 0.25) is 0 Å². The van der Waals surface area contributed by atoms with E-state index >= 15 is 0 Å². The lowest BCUT2D eigenvalue weighted by Crippen LogP contribution is -1.84. The summed E-state index contributed by atoms with van der Waals surface area (Å²) in [7, 11) is 0. The molecule has 3 aromatic rings. The van der Waals surface area contributed by atoms with E-state index in [-0.39, 0.29) is 0 Å². The standard InChI is InChI=1S/C21H18S2/c1-17(22-19-13-7-3-8-14-19)21(18-11-5-2-6-12-18)23-20-15-9-4-10-16-20/h2-16H,1H3/b21-17+. The monoisotopic (exact) mass is 334 g/mol. The molecule has 3 aromatic carbocycles. The van der Waals surface area contributed by atoms with Crippen molar-refractivity contribution in [2.45, 2.75) is 16.7 Å². The predicted molar refractivity (Wildman–Crippen MR) is 104 cm³/mol. The average molecular weight is 335 g/mol. The molecule has 0 aliphatic carbocycles. The fourth-order valence-electron chi connectivity index (χ4n) is 2.24. The van der Waals surface area contributed by atoms with E-state index < -0.39 is 0 Å². The fraction of sp³-hybridized carbons (Fsp3) is 0.0476. The van der Waals surface area contributed by atoms with E-state index in [1.54, 1.807) is 0 Å². The fourth-order valence-corrected chi connectivity index (χ4v) is 4.28. The van der Waals surface area contributed by atoms with Gasteiger partial charge in [-0.3, -0.25) is 0 Å². The number of hydrogen-bond donors (Lipinski definition) is 0. The molecule has 23 heavy (non-hydrogen) atoms. The van der Waals surface area contributed by atoms with Crippen molar-refractivity contribution in [3.8, 4) is 0 Å². The summed E-state index contributed by atoms with van der Waals surface area (Å²) in [4.78, 5) is 5.16. The normalized spacial score (nSPS) is 11.9. The second-order valence-electron chi connectivity index (χ2n) is 5.08. The summed E-state index contributed by atoms with van der Waals surface area (Å²) < 4.78 is 0. The lowest BCUT2D eigenvalue weighted by molar-refractivity contribution is 1.46. The molecule has 0 spiro atoms. The molecule has 0 nitrogen and oxygen atoms in total. The van der Waals surface area contributed by atoms with E-state index in [4.69, 9.17) is 0 Å². The smallest absolute Gasteiger partial charge is 0.0290 e. The van der Waals surface area contributed by atoms with Crippen LogP contribution in [0.3, 0.4) is 0 Å². The Balaban J connectivity index is 1.95. The van der Waals surface area contributed by atoms with Gasteiger partial charge in [-0.25, -0.2) is 0 Å². The minimum atomic E-state index is 1.26. The summed E-state index contributed by atoms with van der Waals surface area (Å²) in [5.74, 6) is 0. The van der Waals surface area contributed by atoms with Crippen molar-refractivity contribution in [2.24, 2.45) is 0 Å². The van der Waals surface area contributed by atoms with Gasteiger partial charge in [0.15, 0.2) is 0 Å². The van der Waals surface area contributed by atoms with Crippen molar-refractivity contribution in [2.75, 3.05) is 0 Å². The van der Waals surface area contributed by atoms with Gasteiger partial charge in [-0.2, -0.15) is 0 Å². The minimum absolute atomic E-state index is 1.26. The van der Waals surface area contributed by atoms with E-state index in [0.717, 1.165) is 0 Å². The third-order valence-corrected chi connectivity index (χ3v) is 5.73. The minimum Gasteiger partial charge on any atom is -0.0936 e. The number of benzene rings is 3. The summed E-state index contributed by atoms with van der Waals surface area (Å²) in [6, 6.07) is 31.7. The van der Waals surface area contributed by atoms with E-state index in [0.29, 0.717) is 0 Å². The molecule has 0 amide bonds. The summed E-state index contributed by atoms with van der Waals surface area (Å²) in [6.07, 6.45) is 0. The van der Waals surface area contributed by atoms with Crippen molar-refractivity contribution in [1.29, 1.82) is 0 Å². The van der Waals surface area contributed by atoms with Gasteiger partial charge in [0.2, 0.25) is 0 Å². The van der Waals surface area contributed by atoms with Gasteiger partial charge in [-0.05, 0) is 36.8 Å². The second kappa shape index (κ2) is 8.09. The molecule has 2 heteroatoms. The first-order valence-corrected chi connectivity index (χ1v) is 9.18. The predicted octanol–water partition coefficient (Wildman–Crippen LogP) is 6.96. The lowest BCUT2D eigenvalue weighted by Gasteiger charge is -2.12. The lowest BCUT2D eigenvalue weighted by atomic mass is 10.2. The SMILES string of the molecule is C/C(Sc1ccccc1)=C(\Sc1ccccc1)c1ccccc1. The molecule has 0 fully saturated rings. The molecule has 114 valence electrons. The van der Waals surface area contributed by atoms with Gasteiger partial charge < -0.3 is 0 Å². The second-order valence-corrected chi connectivity index (χ2v) is 7.45. The van der Waals surface area contributed by atoms with Crippen molar-refractivity contribution in [1.82, 2.24) is 0 Å². The Morgan fingerprint density at radius 3 is 1.52 bits per heavy atom. The molecule has 0 heterocycles. The van der Waals surface area contributed by atoms with E-state index in [2.05, 4.69) is 97.9 Å². The Bertz CT molecular complexity index is 763. The maximum Gasteiger partial charge on any atom is 0.0290 e. The van der Waals surface area contributed by atoms with Gasteiger partial charge in [0.1, 0.15) is 0 Å². The largest absolute Gasteiger partial charge is 0.0936 e. The molecule has 0 atom stereocenters. The highest BCUT2D eigenvalue weighted by atomic mass is 32.2. The average Bonchev–Trinajstić information content (AvgIpc) is 2.62. The van der Waals surface area contributed by atoms with Crippen molar-refractivity contribution < 1.29 is 0 Å². The van der Waals surface area contributed by atoms with Crippen LogP contribution in [-0.2, 0) is 0 Å². The Morgan fingerprint density at radius 2 is 1.00 bits per heavy atom. The highest BCUT2D eigenvalue weighted by Gasteiger charge is 2.09. The molecule has 0 radical (unpaired) electrons. The summed E-state index contributed by atoms with van der Waals surface area (Å²) in [6.45, 7) is 2.20. The van der Waals surface area contributed by atoms with E-state index in [1.165, 1.54) is 25.2 Å². The topological polar surface area (TPSA) is 0 Å². The maximum absolute atomic E-state index is 2.20. The number of rotatable bonds is 5. The molecular formula is C21H18S2. The highest BCUT2D eigenvalue weighted by molar-refractivity contribution is 8.10. The van der Waals surface area contributed by atoms with Crippen molar-refractivity contribution >= 4 is 28.4 Å². The molecule has 0 N–H and O–H groups in total. The molecule has 0 aromatic heterocycles. The molecule has 0 aliphatic rings. The van der Waals surface area contributed by atoms with Crippen molar-refractivity contribution in [3.05, 3.63) is 101 Å². The van der Waals surface area contributed by atoms with Crippen LogP contribution in [0.4, 0.5) is 0 Å². The maximum atomic E-state index is 2.20. The summed E-state index contributed by atoms with van der Waals surface area (Å²) in [5.41, 5.74) is 1.27. The van der Waals surface area contributed by atoms with Crippen LogP contribution in [0.25, 0.3) is 4.91 Å². The Hall–Kier alpha value is -1.90. The molecule has 3 rings (SSSR count). The number of hydrogen-bond acceptors (Lipinski definition) is 2. The zero-order valence-electron chi connectivity index (χ0n) is 13.0. The van der Waals surface area contributed by atoms with Gasteiger partial charge in [0.05, 0.1) is 0 Å². The first-order chi connectivity index (χ1) is 11.3. The highest BCUT2D eigenvalue weighted by Crippen LogP contribution is 2.41. The third kappa shape index (κ3) is 4.54. The van der Waals surface area contributed by atoms with Crippen LogP contribution < -0.4 is 0 Å². The molecule has 0 bridgehead atoms. The molecule has 0 unspecified atom stereocenters. The first-order valence-electron chi connectivity index (χ1n) is 7.55. The third-order valence-electron chi connectivity index (χ3n) is 3.33.